The third-order valence-electron chi connectivity index (χ3n) is 2.98. The van der Waals surface area contributed by atoms with Crippen LogP contribution in [0.5, 0.6) is 5.75 Å². The minimum absolute atomic E-state index is 0.0710. The number of ether oxygens (including phenoxy) is 1. The van der Waals surface area contributed by atoms with Gasteiger partial charge in [-0.05, 0) is 31.4 Å². The molecule has 0 aliphatic rings. The number of amides is 2. The van der Waals surface area contributed by atoms with Crippen molar-refractivity contribution in [1.29, 1.82) is 0 Å². The van der Waals surface area contributed by atoms with E-state index in [1.165, 1.54) is 5.56 Å². The Balaban J connectivity index is 2.81. The Kier molecular flexibility index (Phi) is 5.01. The molecule has 1 aromatic rings. The summed E-state index contributed by atoms with van der Waals surface area (Å²) in [6, 6.07) is 4.15. The Morgan fingerprint density at radius 3 is 2.61 bits per heavy atom. The fraction of sp³-hybridized carbons (Fsp3) is 0.500. The average Bonchev–Trinajstić information content (AvgIpc) is 2.34. The van der Waals surface area contributed by atoms with E-state index in [-0.39, 0.29) is 6.03 Å². The summed E-state index contributed by atoms with van der Waals surface area (Å²) in [7, 11) is 5.10. The number of rotatable bonds is 4. The van der Waals surface area contributed by atoms with Gasteiger partial charge in [0, 0.05) is 20.6 Å². The molecular formula is C14H22N2O2. The van der Waals surface area contributed by atoms with Crippen LogP contribution >= 0.6 is 0 Å². The van der Waals surface area contributed by atoms with Crippen molar-refractivity contribution in [3.05, 3.63) is 28.8 Å². The van der Waals surface area contributed by atoms with E-state index in [4.69, 9.17) is 4.74 Å². The molecule has 100 valence electrons. The predicted molar refractivity (Wildman–Crippen MR) is 73.3 cm³/mol. The lowest BCUT2D eigenvalue weighted by Crippen LogP contribution is -2.36. The fourth-order valence-electron chi connectivity index (χ4n) is 2.10. The number of nitrogens with zero attached hydrogens (tertiary/aromatic N) is 1. The third kappa shape index (κ3) is 3.39. The van der Waals surface area contributed by atoms with E-state index in [0.717, 1.165) is 23.3 Å². The maximum atomic E-state index is 11.4. The summed E-state index contributed by atoms with van der Waals surface area (Å²) in [4.78, 5) is 13.1. The second kappa shape index (κ2) is 6.28. The molecule has 0 fully saturated rings. The molecule has 4 heteroatoms. The number of urea groups is 1. The minimum Gasteiger partial charge on any atom is -0.496 e. The first kappa shape index (κ1) is 14.4. The van der Waals surface area contributed by atoms with Gasteiger partial charge in [0.15, 0.2) is 0 Å². The van der Waals surface area contributed by atoms with E-state index in [9.17, 15) is 4.79 Å². The highest BCUT2D eigenvalue weighted by atomic mass is 16.5. The van der Waals surface area contributed by atoms with Crippen LogP contribution in [0.4, 0.5) is 4.79 Å². The van der Waals surface area contributed by atoms with E-state index in [1.807, 2.05) is 6.92 Å². The average molecular weight is 250 g/mol. The molecule has 0 atom stereocenters. The lowest BCUT2D eigenvalue weighted by atomic mass is 10.0. The van der Waals surface area contributed by atoms with Crippen molar-refractivity contribution in [1.82, 2.24) is 10.2 Å². The lowest BCUT2D eigenvalue weighted by Gasteiger charge is -2.18. The molecule has 0 saturated heterocycles. The van der Waals surface area contributed by atoms with Crippen LogP contribution in [0, 0.1) is 13.8 Å². The van der Waals surface area contributed by atoms with Gasteiger partial charge in [-0.15, -0.1) is 0 Å². The van der Waals surface area contributed by atoms with E-state index >= 15 is 0 Å². The van der Waals surface area contributed by atoms with Crippen LogP contribution in [-0.4, -0.2) is 38.7 Å². The normalized spacial score (nSPS) is 10.1. The Hall–Kier alpha value is -1.71. The number of hydrogen-bond acceptors (Lipinski definition) is 2. The topological polar surface area (TPSA) is 41.6 Å². The second-order valence-corrected chi connectivity index (χ2v) is 4.50. The van der Waals surface area contributed by atoms with Crippen molar-refractivity contribution in [2.45, 2.75) is 20.3 Å². The minimum atomic E-state index is -0.0710. The number of hydrogen-bond donors (Lipinski definition) is 1. The first-order valence-electron chi connectivity index (χ1n) is 6.06. The van der Waals surface area contributed by atoms with Gasteiger partial charge >= 0.3 is 6.03 Å². The van der Waals surface area contributed by atoms with E-state index in [0.29, 0.717) is 6.54 Å². The Morgan fingerprint density at radius 1 is 1.39 bits per heavy atom. The molecular weight excluding hydrogens is 228 g/mol. The van der Waals surface area contributed by atoms with Crippen LogP contribution in [0.1, 0.15) is 16.7 Å². The van der Waals surface area contributed by atoms with Gasteiger partial charge in [-0.3, -0.25) is 0 Å². The number of carbonyl (C=O) groups is 1. The monoisotopic (exact) mass is 250 g/mol. The molecule has 0 spiro atoms. The van der Waals surface area contributed by atoms with Gasteiger partial charge in [0.05, 0.1) is 7.11 Å². The van der Waals surface area contributed by atoms with Crippen LogP contribution in [0.15, 0.2) is 12.1 Å². The molecule has 0 heterocycles. The summed E-state index contributed by atoms with van der Waals surface area (Å²) in [6.45, 7) is 4.77. The summed E-state index contributed by atoms with van der Waals surface area (Å²) >= 11 is 0. The summed E-state index contributed by atoms with van der Waals surface area (Å²) in [5.74, 6) is 0.922. The molecule has 0 unspecified atom stereocenters. The second-order valence-electron chi connectivity index (χ2n) is 4.50. The molecule has 0 aromatic heterocycles. The van der Waals surface area contributed by atoms with Crippen LogP contribution < -0.4 is 10.1 Å². The van der Waals surface area contributed by atoms with Crippen LogP contribution in [0.3, 0.4) is 0 Å². The Bertz CT molecular complexity index is 430. The molecule has 18 heavy (non-hydrogen) atoms. The van der Waals surface area contributed by atoms with Crippen molar-refractivity contribution < 1.29 is 9.53 Å². The number of aryl methyl sites for hydroxylation is 2. The quantitative estimate of drug-likeness (QED) is 0.889. The molecule has 2 amide bonds. The van der Waals surface area contributed by atoms with Crippen LogP contribution in [0.25, 0.3) is 0 Å². The van der Waals surface area contributed by atoms with Gasteiger partial charge in [0.1, 0.15) is 5.75 Å². The molecule has 1 aromatic carbocycles. The molecule has 0 aliphatic heterocycles. The lowest BCUT2D eigenvalue weighted by molar-refractivity contribution is 0.211. The predicted octanol–water partition coefficient (Wildman–Crippen LogP) is 2.13. The van der Waals surface area contributed by atoms with Crippen molar-refractivity contribution >= 4 is 6.03 Å². The number of nitrogens with one attached hydrogen (secondary N) is 1. The van der Waals surface area contributed by atoms with Crippen molar-refractivity contribution in [3.8, 4) is 5.75 Å². The van der Waals surface area contributed by atoms with Gasteiger partial charge < -0.3 is 15.0 Å². The summed E-state index contributed by atoms with van der Waals surface area (Å²) in [5.41, 5.74) is 3.49. The third-order valence-corrected chi connectivity index (χ3v) is 2.98. The Morgan fingerprint density at radius 2 is 2.06 bits per heavy atom. The van der Waals surface area contributed by atoms with E-state index in [1.54, 1.807) is 26.1 Å². The largest absolute Gasteiger partial charge is 0.496 e. The standard InChI is InChI=1S/C14H22N2O2/c1-10-8-11(2)13(18-5)12(9-10)6-7-16(4)14(17)15-3/h8-9H,6-7H2,1-5H3,(H,15,17). The highest BCUT2D eigenvalue weighted by molar-refractivity contribution is 5.73. The smallest absolute Gasteiger partial charge is 0.316 e. The number of likely N-dealkylation sites (N-methyl/N-ethyl adjacent to an activating group) is 1. The number of carbonyl (C=O) groups excluding carboxylic acids is 1. The van der Waals surface area contributed by atoms with Gasteiger partial charge in [-0.25, -0.2) is 4.79 Å². The summed E-state index contributed by atoms with van der Waals surface area (Å²) < 4.78 is 5.43. The van der Waals surface area contributed by atoms with Crippen molar-refractivity contribution in [2.75, 3.05) is 27.7 Å². The zero-order valence-corrected chi connectivity index (χ0v) is 11.8. The van der Waals surface area contributed by atoms with Gasteiger partial charge in [0.2, 0.25) is 0 Å². The SMILES string of the molecule is CNC(=O)N(C)CCc1cc(C)cc(C)c1OC. The van der Waals surface area contributed by atoms with Gasteiger partial charge in [-0.2, -0.15) is 0 Å². The highest BCUT2D eigenvalue weighted by Crippen LogP contribution is 2.25. The first-order chi connectivity index (χ1) is 8.49. The zero-order chi connectivity index (χ0) is 13.7. The van der Waals surface area contributed by atoms with Crippen molar-refractivity contribution in [2.24, 2.45) is 0 Å². The first-order valence-corrected chi connectivity index (χ1v) is 6.06. The molecule has 0 radical (unpaired) electrons. The zero-order valence-electron chi connectivity index (χ0n) is 11.8. The molecule has 0 aliphatic carbocycles. The molecule has 1 rings (SSSR count). The number of methoxy groups -OCH3 is 1. The molecule has 1 N–H and O–H groups in total. The molecule has 0 saturated carbocycles. The maximum absolute atomic E-state index is 11.4. The van der Waals surface area contributed by atoms with Gasteiger partial charge in [-0.1, -0.05) is 17.7 Å². The van der Waals surface area contributed by atoms with Gasteiger partial charge in [0.25, 0.3) is 0 Å². The number of benzene rings is 1. The fourth-order valence-corrected chi connectivity index (χ4v) is 2.10. The van der Waals surface area contributed by atoms with E-state index in [2.05, 4.69) is 24.4 Å². The summed E-state index contributed by atoms with van der Waals surface area (Å²) in [5, 5.41) is 2.61. The Labute approximate surface area is 109 Å². The highest BCUT2D eigenvalue weighted by Gasteiger charge is 2.10. The summed E-state index contributed by atoms with van der Waals surface area (Å²) in [6.07, 6.45) is 0.787. The van der Waals surface area contributed by atoms with Crippen molar-refractivity contribution in [3.63, 3.8) is 0 Å². The molecule has 4 nitrogen and oxygen atoms in total. The van der Waals surface area contributed by atoms with E-state index < -0.39 is 0 Å². The molecule has 0 bridgehead atoms. The van der Waals surface area contributed by atoms with Crippen LogP contribution in [-0.2, 0) is 6.42 Å². The maximum Gasteiger partial charge on any atom is 0.316 e. The van der Waals surface area contributed by atoms with Crippen LogP contribution in [0.2, 0.25) is 0 Å².